The minimum atomic E-state index is -5.05. The molecule has 278 valence electrons. The summed E-state index contributed by atoms with van der Waals surface area (Å²) in [6.07, 6.45) is 17.7. The van der Waals surface area contributed by atoms with E-state index in [0.717, 1.165) is 38.5 Å². The van der Waals surface area contributed by atoms with Crippen LogP contribution in [-0.4, -0.2) is 74.4 Å². The lowest BCUT2D eigenvalue weighted by atomic mass is 9.98. The topological polar surface area (TPSA) is 155 Å². The molecule has 0 aromatic carbocycles. The van der Waals surface area contributed by atoms with Gasteiger partial charge in [0.15, 0.2) is 18.5 Å². The van der Waals surface area contributed by atoms with E-state index in [9.17, 15) is 27.7 Å². The minimum Gasteiger partial charge on any atom is -0.455 e. The molecule has 1 heterocycles. The third kappa shape index (κ3) is 21.4. The van der Waals surface area contributed by atoms with Gasteiger partial charge in [-0.25, -0.2) is 4.18 Å². The van der Waals surface area contributed by atoms with Crippen LogP contribution in [0.25, 0.3) is 0 Å². The number of methoxy groups -OCH3 is 1. The van der Waals surface area contributed by atoms with Crippen LogP contribution in [0.15, 0.2) is 0 Å². The highest BCUT2D eigenvalue weighted by molar-refractivity contribution is 7.80. The molecule has 47 heavy (non-hydrogen) atoms. The van der Waals surface area contributed by atoms with Crippen molar-refractivity contribution in [1.82, 2.24) is 0 Å². The first-order valence-corrected chi connectivity index (χ1v) is 19.9. The highest BCUT2D eigenvalue weighted by atomic mass is 32.3. The van der Waals surface area contributed by atoms with E-state index in [1.165, 1.54) is 97.0 Å². The Morgan fingerprint density at radius 2 is 0.957 bits per heavy atom. The van der Waals surface area contributed by atoms with Crippen LogP contribution in [0.1, 0.15) is 168 Å². The van der Waals surface area contributed by atoms with Crippen LogP contribution in [0.5, 0.6) is 0 Å². The van der Waals surface area contributed by atoms with Gasteiger partial charge in [0.2, 0.25) is 0 Å². The van der Waals surface area contributed by atoms with E-state index in [1.54, 1.807) is 0 Å². The Bertz CT molecular complexity index is 898. The van der Waals surface area contributed by atoms with Crippen molar-refractivity contribution in [3.05, 3.63) is 0 Å². The van der Waals surface area contributed by atoms with Gasteiger partial charge >= 0.3 is 22.3 Å². The zero-order valence-electron chi connectivity index (χ0n) is 29.5. The number of aliphatic hydroxyl groups is 1. The molecule has 0 unspecified atom stereocenters. The first-order valence-electron chi connectivity index (χ1n) is 18.5. The fraction of sp³-hybridized carbons (Fsp3) is 0.943. The van der Waals surface area contributed by atoms with Gasteiger partial charge in [-0.05, 0) is 12.8 Å². The highest BCUT2D eigenvalue weighted by Gasteiger charge is 2.52. The summed E-state index contributed by atoms with van der Waals surface area (Å²) >= 11 is 0. The van der Waals surface area contributed by atoms with Crippen molar-refractivity contribution < 1.29 is 50.8 Å². The van der Waals surface area contributed by atoms with Crippen LogP contribution in [0.4, 0.5) is 0 Å². The maximum Gasteiger partial charge on any atom is 0.397 e. The van der Waals surface area contributed by atoms with Gasteiger partial charge in [0, 0.05) is 20.0 Å². The van der Waals surface area contributed by atoms with E-state index >= 15 is 0 Å². The van der Waals surface area contributed by atoms with Crippen LogP contribution in [-0.2, 0) is 43.1 Å². The Balaban J connectivity index is 2.64. The molecule has 0 aromatic rings. The maximum absolute atomic E-state index is 12.9. The fourth-order valence-electron chi connectivity index (χ4n) is 6.02. The summed E-state index contributed by atoms with van der Waals surface area (Å²) in [5.41, 5.74) is 0. The molecule has 0 amide bonds. The predicted octanol–water partition coefficient (Wildman–Crippen LogP) is 7.76. The Kier molecular flexibility index (Phi) is 25.6. The molecule has 11 nitrogen and oxygen atoms in total. The number of unbranched alkanes of at least 4 members (excludes halogenated alkanes) is 20. The average molecular weight is 695 g/mol. The first-order chi connectivity index (χ1) is 22.7. The molecule has 0 saturated carbocycles. The lowest BCUT2D eigenvalue weighted by Gasteiger charge is -2.43. The Morgan fingerprint density at radius 1 is 0.596 bits per heavy atom. The third-order valence-electron chi connectivity index (χ3n) is 8.74. The number of carbonyl (C=O) groups excluding carboxylic acids is 2. The Morgan fingerprint density at radius 3 is 1.30 bits per heavy atom. The molecular formula is C35H66O11S. The molecule has 5 atom stereocenters. The van der Waals surface area contributed by atoms with Crippen LogP contribution in [0.2, 0.25) is 0 Å². The lowest BCUT2D eigenvalue weighted by Crippen LogP contribution is -2.62. The van der Waals surface area contributed by atoms with Crippen molar-refractivity contribution in [1.29, 1.82) is 0 Å². The van der Waals surface area contributed by atoms with Crippen molar-refractivity contribution in [2.45, 2.75) is 199 Å². The highest BCUT2D eigenvalue weighted by Crippen LogP contribution is 2.30. The fourth-order valence-corrected chi connectivity index (χ4v) is 6.53. The largest absolute Gasteiger partial charge is 0.455 e. The normalized spacial score (nSPS) is 21.5. The molecule has 1 rings (SSSR count). The lowest BCUT2D eigenvalue weighted by molar-refractivity contribution is -0.296. The predicted molar refractivity (Wildman–Crippen MR) is 181 cm³/mol. The Hall–Kier alpha value is -1.31. The molecule has 0 radical (unpaired) electrons. The van der Waals surface area contributed by atoms with Gasteiger partial charge in [0.1, 0.15) is 12.2 Å². The number of aliphatic hydroxyl groups excluding tert-OH is 1. The second kappa shape index (κ2) is 27.5. The van der Waals surface area contributed by atoms with E-state index < -0.39 is 59.7 Å². The zero-order chi connectivity index (χ0) is 34.8. The molecule has 12 heteroatoms. The molecule has 1 aliphatic heterocycles. The van der Waals surface area contributed by atoms with E-state index in [1.807, 2.05) is 0 Å². The van der Waals surface area contributed by atoms with Crippen LogP contribution in [0.3, 0.4) is 0 Å². The van der Waals surface area contributed by atoms with Gasteiger partial charge in [-0.15, -0.1) is 0 Å². The van der Waals surface area contributed by atoms with Gasteiger partial charge in [0.25, 0.3) is 0 Å². The summed E-state index contributed by atoms with van der Waals surface area (Å²) in [6.45, 7) is 3.69. The van der Waals surface area contributed by atoms with Crippen molar-refractivity contribution in [2.75, 3.05) is 13.7 Å². The summed E-state index contributed by atoms with van der Waals surface area (Å²) in [4.78, 5) is 25.8. The zero-order valence-corrected chi connectivity index (χ0v) is 30.4. The number of carbonyl (C=O) groups is 2. The molecule has 0 aromatic heterocycles. The third-order valence-corrected chi connectivity index (χ3v) is 9.21. The molecule has 0 bridgehead atoms. The van der Waals surface area contributed by atoms with E-state index in [2.05, 4.69) is 13.8 Å². The molecule has 2 N–H and O–H groups in total. The molecular weight excluding hydrogens is 628 g/mol. The van der Waals surface area contributed by atoms with Crippen LogP contribution in [0, 0.1) is 0 Å². The number of rotatable bonds is 30. The van der Waals surface area contributed by atoms with E-state index in [-0.39, 0.29) is 12.8 Å². The molecule has 1 fully saturated rings. The van der Waals surface area contributed by atoms with Gasteiger partial charge in [-0.2, -0.15) is 8.42 Å². The number of esters is 2. The van der Waals surface area contributed by atoms with E-state index in [4.69, 9.17) is 23.1 Å². The smallest absolute Gasteiger partial charge is 0.397 e. The second-order valence-electron chi connectivity index (χ2n) is 12.9. The number of hydrogen-bond acceptors (Lipinski definition) is 10. The number of ether oxygens (including phenoxy) is 4. The van der Waals surface area contributed by atoms with Crippen LogP contribution >= 0.6 is 0 Å². The average Bonchev–Trinajstić information content (AvgIpc) is 3.03. The first kappa shape index (κ1) is 43.7. The SMILES string of the molecule is CCCCCCCCCCCCCC(=O)O[C@H]1[C@@H](OS(=O)(=O)O)[C@@H](CO)O[C@H](OC)[C@@H]1OC(=O)CCCCCCCCCCCCC. The second-order valence-corrected chi connectivity index (χ2v) is 14.0. The molecule has 1 aliphatic rings. The summed E-state index contributed by atoms with van der Waals surface area (Å²) < 4.78 is 59.9. The van der Waals surface area contributed by atoms with Crippen molar-refractivity contribution in [3.8, 4) is 0 Å². The summed E-state index contributed by atoms with van der Waals surface area (Å²) in [5.74, 6) is -1.23. The monoisotopic (exact) mass is 694 g/mol. The van der Waals surface area contributed by atoms with E-state index in [0.29, 0.717) is 12.8 Å². The standard InChI is InChI=1S/C35H66O11S/c1-4-6-8-10-12-14-16-18-20-22-24-26-30(37)44-33-32(46-47(39,40)41)29(28-36)43-35(42-3)34(33)45-31(38)27-25-23-21-19-17-15-13-11-9-7-5-2/h29,32-36H,4-28H2,1-3H3,(H,39,40,41)/t29-,32+,33+,34-,35+/m1/s1. The van der Waals surface area contributed by atoms with Crippen molar-refractivity contribution in [2.24, 2.45) is 0 Å². The summed E-state index contributed by atoms with van der Waals surface area (Å²) in [5, 5.41) is 9.89. The molecule has 0 spiro atoms. The maximum atomic E-state index is 12.9. The van der Waals surface area contributed by atoms with Crippen LogP contribution < -0.4 is 0 Å². The van der Waals surface area contributed by atoms with Gasteiger partial charge in [0.05, 0.1) is 6.61 Å². The van der Waals surface area contributed by atoms with Gasteiger partial charge in [-0.1, -0.05) is 142 Å². The summed E-state index contributed by atoms with van der Waals surface area (Å²) in [7, 11) is -3.76. The Labute approximate surface area is 285 Å². The van der Waals surface area contributed by atoms with Crippen molar-refractivity contribution >= 4 is 22.3 Å². The minimum absolute atomic E-state index is 0.0633. The molecule has 1 saturated heterocycles. The quantitative estimate of drug-likeness (QED) is 0.0430. The molecule has 0 aliphatic carbocycles. The van der Waals surface area contributed by atoms with Gasteiger partial charge in [-0.3, -0.25) is 14.1 Å². The summed E-state index contributed by atoms with van der Waals surface area (Å²) in [6, 6.07) is 0. The van der Waals surface area contributed by atoms with Gasteiger partial charge < -0.3 is 24.1 Å². The number of hydrogen-bond donors (Lipinski definition) is 2. The van der Waals surface area contributed by atoms with Crippen molar-refractivity contribution in [3.63, 3.8) is 0 Å².